The van der Waals surface area contributed by atoms with Gasteiger partial charge in [-0.25, -0.2) is 0 Å². The first-order chi connectivity index (χ1) is 13.7. The second kappa shape index (κ2) is 10.3. The van der Waals surface area contributed by atoms with Crippen molar-refractivity contribution in [3.8, 4) is 5.75 Å². The molecule has 1 fully saturated rings. The third-order valence-electron chi connectivity index (χ3n) is 5.32. The van der Waals surface area contributed by atoms with Gasteiger partial charge in [0, 0.05) is 12.1 Å². The third-order valence-corrected chi connectivity index (χ3v) is 5.32. The van der Waals surface area contributed by atoms with Crippen molar-refractivity contribution in [3.05, 3.63) is 65.2 Å². The van der Waals surface area contributed by atoms with Crippen LogP contribution in [0.3, 0.4) is 0 Å². The Morgan fingerprint density at radius 3 is 2.57 bits per heavy atom. The van der Waals surface area contributed by atoms with Gasteiger partial charge in [-0.05, 0) is 63.0 Å². The highest BCUT2D eigenvalue weighted by molar-refractivity contribution is 5.94. The van der Waals surface area contributed by atoms with E-state index in [0.29, 0.717) is 18.7 Å². The number of ether oxygens (including phenoxy) is 1. The Labute approximate surface area is 168 Å². The second-order valence-electron chi connectivity index (χ2n) is 7.61. The zero-order valence-corrected chi connectivity index (χ0v) is 17.1. The van der Waals surface area contributed by atoms with E-state index in [-0.39, 0.29) is 11.9 Å². The molecule has 28 heavy (non-hydrogen) atoms. The van der Waals surface area contributed by atoms with Crippen molar-refractivity contribution in [2.75, 3.05) is 26.2 Å². The minimum atomic E-state index is -0.0453. The lowest BCUT2D eigenvalue weighted by atomic mass is 10.0. The van der Waals surface area contributed by atoms with Crippen molar-refractivity contribution in [2.45, 2.75) is 45.6 Å². The van der Waals surface area contributed by atoms with Gasteiger partial charge in [-0.15, -0.1) is 0 Å². The predicted octanol–water partition coefficient (Wildman–Crippen LogP) is 4.74. The fraction of sp³-hybridized carbons (Fsp3) is 0.458. The van der Waals surface area contributed by atoms with Crippen LogP contribution in [0.25, 0.3) is 0 Å². The molecule has 3 rings (SSSR count). The fourth-order valence-corrected chi connectivity index (χ4v) is 3.71. The summed E-state index contributed by atoms with van der Waals surface area (Å²) in [7, 11) is 0. The van der Waals surface area contributed by atoms with Gasteiger partial charge in [0.15, 0.2) is 0 Å². The first-order valence-corrected chi connectivity index (χ1v) is 10.5. The molecule has 150 valence electrons. The largest absolute Gasteiger partial charge is 0.494 e. The van der Waals surface area contributed by atoms with Crippen molar-refractivity contribution in [3.63, 3.8) is 0 Å². The number of hydrogen-bond acceptors (Lipinski definition) is 3. The van der Waals surface area contributed by atoms with Crippen molar-refractivity contribution in [1.82, 2.24) is 10.2 Å². The molecule has 0 radical (unpaired) electrons. The van der Waals surface area contributed by atoms with Crippen LogP contribution in [-0.4, -0.2) is 37.0 Å². The van der Waals surface area contributed by atoms with Gasteiger partial charge in [-0.1, -0.05) is 49.2 Å². The molecule has 1 atom stereocenters. The maximum absolute atomic E-state index is 12.8. The van der Waals surface area contributed by atoms with Gasteiger partial charge >= 0.3 is 0 Å². The molecule has 0 aliphatic carbocycles. The number of nitrogens with zero attached hydrogens (tertiary/aromatic N) is 1. The molecule has 1 amide bonds. The first-order valence-electron chi connectivity index (χ1n) is 10.5. The Balaban J connectivity index is 1.68. The molecule has 0 bridgehead atoms. The summed E-state index contributed by atoms with van der Waals surface area (Å²) in [6, 6.07) is 16.4. The topological polar surface area (TPSA) is 41.6 Å². The molecule has 0 spiro atoms. The normalized spacial score (nSPS) is 15.8. The lowest BCUT2D eigenvalue weighted by molar-refractivity contribution is 0.0924. The average Bonchev–Trinajstić information content (AvgIpc) is 2.74. The number of hydrogen-bond donors (Lipinski definition) is 1. The lowest BCUT2D eigenvalue weighted by Gasteiger charge is -2.35. The van der Waals surface area contributed by atoms with Crippen LogP contribution >= 0.6 is 0 Å². The van der Waals surface area contributed by atoms with E-state index in [9.17, 15) is 4.79 Å². The predicted molar refractivity (Wildman–Crippen MR) is 114 cm³/mol. The molecule has 0 aromatic heterocycles. The van der Waals surface area contributed by atoms with Gasteiger partial charge in [0.1, 0.15) is 5.75 Å². The number of carbonyl (C=O) groups excluding carboxylic acids is 1. The zero-order valence-electron chi connectivity index (χ0n) is 17.1. The van der Waals surface area contributed by atoms with E-state index in [1.54, 1.807) is 0 Å². The van der Waals surface area contributed by atoms with E-state index in [1.807, 2.05) is 24.3 Å². The highest BCUT2D eigenvalue weighted by Crippen LogP contribution is 2.25. The molecule has 1 heterocycles. The number of piperidine rings is 1. The molecule has 2 aromatic carbocycles. The second-order valence-corrected chi connectivity index (χ2v) is 7.61. The summed E-state index contributed by atoms with van der Waals surface area (Å²) < 4.78 is 5.66. The van der Waals surface area contributed by atoms with Crippen molar-refractivity contribution >= 4 is 5.91 Å². The molecule has 1 saturated heterocycles. The van der Waals surface area contributed by atoms with E-state index in [0.717, 1.165) is 25.3 Å². The van der Waals surface area contributed by atoms with Gasteiger partial charge in [-0.3, -0.25) is 9.69 Å². The Morgan fingerprint density at radius 1 is 1.11 bits per heavy atom. The standard InChI is InChI=1S/C24H32N2O2/c1-3-16-28-22-9-7-8-21(17-22)24(27)25-18-23(26-14-5-4-6-15-26)20-12-10-19(2)11-13-20/h7-13,17,23H,3-6,14-16,18H2,1-2H3,(H,25,27)/t23-/m1/s1. The molecular weight excluding hydrogens is 348 g/mol. The summed E-state index contributed by atoms with van der Waals surface area (Å²) in [5, 5.41) is 3.16. The molecule has 1 aliphatic heterocycles. The van der Waals surface area contributed by atoms with Gasteiger partial charge in [0.05, 0.1) is 12.6 Å². The number of likely N-dealkylation sites (tertiary alicyclic amines) is 1. The van der Waals surface area contributed by atoms with Crippen LogP contribution in [0.1, 0.15) is 60.1 Å². The van der Waals surface area contributed by atoms with Crippen molar-refractivity contribution < 1.29 is 9.53 Å². The van der Waals surface area contributed by atoms with Gasteiger partial charge in [0.25, 0.3) is 5.91 Å². The maximum atomic E-state index is 12.8. The molecule has 0 unspecified atom stereocenters. The smallest absolute Gasteiger partial charge is 0.251 e. The molecular formula is C24H32N2O2. The number of amides is 1. The number of carbonyl (C=O) groups is 1. The van der Waals surface area contributed by atoms with Crippen molar-refractivity contribution in [1.29, 1.82) is 0 Å². The molecule has 4 heteroatoms. The monoisotopic (exact) mass is 380 g/mol. The Bertz CT molecular complexity index is 751. The molecule has 0 saturated carbocycles. The maximum Gasteiger partial charge on any atom is 0.251 e. The van der Waals surface area contributed by atoms with E-state index < -0.39 is 0 Å². The summed E-state index contributed by atoms with van der Waals surface area (Å²) in [4.78, 5) is 15.3. The van der Waals surface area contributed by atoms with Gasteiger partial charge in [0.2, 0.25) is 0 Å². The fourth-order valence-electron chi connectivity index (χ4n) is 3.71. The summed E-state index contributed by atoms with van der Waals surface area (Å²) in [5.74, 6) is 0.705. The third kappa shape index (κ3) is 5.59. The van der Waals surface area contributed by atoms with E-state index >= 15 is 0 Å². The number of rotatable bonds is 8. The molecule has 4 nitrogen and oxygen atoms in total. The van der Waals surface area contributed by atoms with Crippen LogP contribution in [0.5, 0.6) is 5.75 Å². The van der Waals surface area contributed by atoms with Crippen LogP contribution in [0, 0.1) is 6.92 Å². The summed E-state index contributed by atoms with van der Waals surface area (Å²) in [6.45, 7) is 7.64. The van der Waals surface area contributed by atoms with Crippen LogP contribution in [0.4, 0.5) is 0 Å². The Hall–Kier alpha value is -2.33. The van der Waals surface area contributed by atoms with E-state index in [2.05, 4.69) is 48.3 Å². The summed E-state index contributed by atoms with van der Waals surface area (Å²) in [5.41, 5.74) is 3.18. The highest BCUT2D eigenvalue weighted by Gasteiger charge is 2.23. The van der Waals surface area contributed by atoms with Crippen LogP contribution in [-0.2, 0) is 0 Å². The lowest BCUT2D eigenvalue weighted by Crippen LogP contribution is -2.40. The minimum Gasteiger partial charge on any atom is -0.494 e. The number of aryl methyl sites for hydroxylation is 1. The SMILES string of the molecule is CCCOc1cccc(C(=O)NC[C@H](c2ccc(C)cc2)N2CCCCC2)c1. The van der Waals surface area contributed by atoms with Crippen LogP contribution in [0.2, 0.25) is 0 Å². The Morgan fingerprint density at radius 2 is 1.86 bits per heavy atom. The molecule has 2 aromatic rings. The summed E-state index contributed by atoms with van der Waals surface area (Å²) >= 11 is 0. The summed E-state index contributed by atoms with van der Waals surface area (Å²) in [6.07, 6.45) is 4.71. The van der Waals surface area contributed by atoms with E-state index in [1.165, 1.54) is 30.4 Å². The molecule has 1 N–H and O–H groups in total. The number of benzene rings is 2. The van der Waals surface area contributed by atoms with Crippen LogP contribution < -0.4 is 10.1 Å². The quantitative estimate of drug-likeness (QED) is 0.719. The highest BCUT2D eigenvalue weighted by atomic mass is 16.5. The zero-order chi connectivity index (χ0) is 19.8. The van der Waals surface area contributed by atoms with Gasteiger partial charge < -0.3 is 10.1 Å². The van der Waals surface area contributed by atoms with Crippen molar-refractivity contribution in [2.24, 2.45) is 0 Å². The molecule has 1 aliphatic rings. The van der Waals surface area contributed by atoms with Gasteiger partial charge in [-0.2, -0.15) is 0 Å². The Kier molecular flexibility index (Phi) is 7.49. The number of nitrogens with one attached hydrogen (secondary N) is 1. The average molecular weight is 381 g/mol. The van der Waals surface area contributed by atoms with Crippen LogP contribution in [0.15, 0.2) is 48.5 Å². The minimum absolute atomic E-state index is 0.0453. The first kappa shape index (κ1) is 20.4. The van der Waals surface area contributed by atoms with E-state index in [4.69, 9.17) is 4.74 Å².